The average Bonchev–Trinajstić information content (AvgIpc) is 3.31. The molecule has 1 aliphatic heterocycles. The Labute approximate surface area is 198 Å². The Morgan fingerprint density at radius 3 is 1.91 bits per heavy atom. The predicted molar refractivity (Wildman–Crippen MR) is 124 cm³/mol. The number of carbonyl (C=O) groups excluding carboxylic acids is 1. The lowest BCUT2D eigenvalue weighted by Gasteiger charge is -2.30. The van der Waals surface area contributed by atoms with Gasteiger partial charge in [0.25, 0.3) is 10.0 Å². The summed E-state index contributed by atoms with van der Waals surface area (Å²) in [6.45, 7) is 3.99. The van der Waals surface area contributed by atoms with Crippen LogP contribution in [0, 0.1) is 0 Å². The molecule has 34 heavy (non-hydrogen) atoms. The van der Waals surface area contributed by atoms with Gasteiger partial charge in [0.2, 0.25) is 0 Å². The molecule has 0 saturated carbocycles. The van der Waals surface area contributed by atoms with E-state index in [-0.39, 0.29) is 30.4 Å². The van der Waals surface area contributed by atoms with E-state index in [2.05, 4.69) is 5.10 Å². The van der Waals surface area contributed by atoms with Gasteiger partial charge in [0.05, 0.1) is 19.8 Å². The lowest BCUT2D eigenvalue weighted by Crippen LogP contribution is -2.41. The highest BCUT2D eigenvalue weighted by atomic mass is 32.2. The molecule has 0 spiro atoms. The number of esters is 1. The molecule has 9 nitrogen and oxygen atoms in total. The first-order valence-electron chi connectivity index (χ1n) is 10.7. The molecule has 1 aliphatic rings. The second-order valence-electron chi connectivity index (χ2n) is 8.64. The molecule has 0 atom stereocenters. The summed E-state index contributed by atoms with van der Waals surface area (Å²) in [5.74, 6) is 0.761. The van der Waals surface area contributed by atoms with Gasteiger partial charge >= 0.3 is 5.97 Å². The van der Waals surface area contributed by atoms with Crippen LogP contribution in [-0.2, 0) is 33.4 Å². The Morgan fingerprint density at radius 1 is 0.971 bits per heavy atom. The van der Waals surface area contributed by atoms with Crippen LogP contribution in [0.15, 0.2) is 59.6 Å². The van der Waals surface area contributed by atoms with E-state index in [0.29, 0.717) is 11.5 Å². The molecule has 2 heterocycles. The van der Waals surface area contributed by atoms with Gasteiger partial charge in [0, 0.05) is 19.2 Å². The first kappa shape index (κ1) is 23.8. The number of benzene rings is 2. The molecule has 10 heteroatoms. The number of cyclic esters (lactones) is 1. The monoisotopic (exact) mass is 485 g/mol. The molecule has 0 amide bonds. The second kappa shape index (κ2) is 9.11. The first-order valence-corrected chi connectivity index (χ1v) is 12.1. The SMILES string of the molecule is COc1ccc(CN(Cc2ccc(OC)cc2)S(=O)(=O)c2cc3n(n2)C(C)(C)COC3=O)cc1. The van der Waals surface area contributed by atoms with E-state index in [4.69, 9.17) is 14.2 Å². The van der Waals surface area contributed by atoms with Gasteiger partial charge < -0.3 is 14.2 Å². The van der Waals surface area contributed by atoms with Gasteiger partial charge in [-0.15, -0.1) is 0 Å². The second-order valence-corrected chi connectivity index (χ2v) is 10.5. The van der Waals surface area contributed by atoms with Gasteiger partial charge in [-0.2, -0.15) is 9.40 Å². The zero-order valence-electron chi connectivity index (χ0n) is 19.5. The van der Waals surface area contributed by atoms with Gasteiger partial charge in [-0.1, -0.05) is 24.3 Å². The fraction of sp³-hybridized carbons (Fsp3) is 0.333. The summed E-state index contributed by atoms with van der Waals surface area (Å²) in [6, 6.07) is 15.7. The number of rotatable bonds is 8. The summed E-state index contributed by atoms with van der Waals surface area (Å²) >= 11 is 0. The first-order chi connectivity index (χ1) is 16.1. The quantitative estimate of drug-likeness (QED) is 0.452. The van der Waals surface area contributed by atoms with Crippen molar-refractivity contribution in [2.24, 2.45) is 0 Å². The van der Waals surface area contributed by atoms with E-state index >= 15 is 0 Å². The molecule has 0 aliphatic carbocycles. The lowest BCUT2D eigenvalue weighted by molar-refractivity contribution is 0.0191. The molecule has 1 aromatic heterocycles. The minimum Gasteiger partial charge on any atom is -0.497 e. The Hall–Kier alpha value is -3.37. The number of fused-ring (bicyclic) bond motifs is 1. The molecular weight excluding hydrogens is 458 g/mol. The maximum atomic E-state index is 13.8. The summed E-state index contributed by atoms with van der Waals surface area (Å²) in [7, 11) is -0.922. The highest BCUT2D eigenvalue weighted by Gasteiger charge is 2.38. The van der Waals surface area contributed by atoms with Gasteiger partial charge in [0.15, 0.2) is 5.03 Å². The number of hydrogen-bond acceptors (Lipinski definition) is 7. The predicted octanol–water partition coefficient (Wildman–Crippen LogP) is 3.20. The molecule has 0 fully saturated rings. The van der Waals surface area contributed by atoms with Crippen LogP contribution in [0.5, 0.6) is 11.5 Å². The fourth-order valence-electron chi connectivity index (χ4n) is 3.70. The van der Waals surface area contributed by atoms with Gasteiger partial charge in [-0.3, -0.25) is 0 Å². The Morgan fingerprint density at radius 2 is 1.47 bits per heavy atom. The molecule has 0 radical (unpaired) electrons. The fourth-order valence-corrected chi connectivity index (χ4v) is 5.04. The van der Waals surface area contributed by atoms with Crippen molar-refractivity contribution in [2.75, 3.05) is 20.8 Å². The van der Waals surface area contributed by atoms with Gasteiger partial charge in [-0.05, 0) is 49.2 Å². The summed E-state index contributed by atoms with van der Waals surface area (Å²) < 4.78 is 45.9. The van der Waals surface area contributed by atoms with Crippen molar-refractivity contribution in [3.63, 3.8) is 0 Å². The molecular formula is C24H27N3O6S. The molecule has 0 saturated heterocycles. The minimum absolute atomic E-state index is 0.106. The van der Waals surface area contributed by atoms with Crippen LogP contribution in [0.3, 0.4) is 0 Å². The van der Waals surface area contributed by atoms with Crippen molar-refractivity contribution >= 4 is 16.0 Å². The Balaban J connectivity index is 1.72. The van der Waals surface area contributed by atoms with E-state index in [1.807, 2.05) is 38.1 Å². The van der Waals surface area contributed by atoms with Crippen molar-refractivity contribution in [3.05, 3.63) is 71.4 Å². The number of hydrogen-bond donors (Lipinski definition) is 0. The lowest BCUT2D eigenvalue weighted by atomic mass is 10.1. The number of nitrogens with zero attached hydrogens (tertiary/aromatic N) is 3. The van der Waals surface area contributed by atoms with Crippen LogP contribution in [0.2, 0.25) is 0 Å². The third kappa shape index (κ3) is 4.64. The smallest absolute Gasteiger partial charge is 0.356 e. The molecule has 4 rings (SSSR count). The molecule has 0 unspecified atom stereocenters. The van der Waals surface area contributed by atoms with Crippen LogP contribution in [0.4, 0.5) is 0 Å². The number of sulfonamides is 1. The van der Waals surface area contributed by atoms with Gasteiger partial charge in [0.1, 0.15) is 23.8 Å². The molecule has 2 aromatic carbocycles. The largest absolute Gasteiger partial charge is 0.497 e. The summed E-state index contributed by atoms with van der Waals surface area (Å²) in [5.41, 5.74) is 1.01. The van der Waals surface area contributed by atoms with Gasteiger partial charge in [-0.25, -0.2) is 17.9 Å². The standard InChI is InChI=1S/C24H27N3O6S/c1-24(2)16-33-23(28)21-13-22(25-27(21)24)34(29,30)26(14-17-5-9-19(31-3)10-6-17)15-18-7-11-20(32-4)12-8-18/h5-13H,14-16H2,1-4H3. The summed E-state index contributed by atoms with van der Waals surface area (Å²) in [6.07, 6.45) is 0. The van der Waals surface area contributed by atoms with E-state index in [9.17, 15) is 13.2 Å². The van der Waals surface area contributed by atoms with Crippen LogP contribution in [-0.4, -0.2) is 49.3 Å². The zero-order valence-corrected chi connectivity index (χ0v) is 20.3. The van der Waals surface area contributed by atoms with E-state index in [0.717, 1.165) is 11.1 Å². The Bertz CT molecular complexity index is 1230. The van der Waals surface area contributed by atoms with E-state index in [1.165, 1.54) is 15.1 Å². The van der Waals surface area contributed by atoms with Crippen LogP contribution in [0.1, 0.15) is 35.5 Å². The van der Waals surface area contributed by atoms with Crippen LogP contribution >= 0.6 is 0 Å². The van der Waals surface area contributed by atoms with E-state index < -0.39 is 21.5 Å². The summed E-state index contributed by atoms with van der Waals surface area (Å²) in [4.78, 5) is 12.3. The minimum atomic E-state index is -4.07. The number of aromatic nitrogens is 2. The van der Waals surface area contributed by atoms with Crippen molar-refractivity contribution < 1.29 is 27.4 Å². The summed E-state index contributed by atoms with van der Waals surface area (Å²) in [5, 5.41) is 4.13. The number of methoxy groups -OCH3 is 2. The van der Waals surface area contributed by atoms with Crippen molar-refractivity contribution in [1.82, 2.24) is 14.1 Å². The van der Waals surface area contributed by atoms with Crippen molar-refractivity contribution in [2.45, 2.75) is 37.5 Å². The van der Waals surface area contributed by atoms with Crippen LogP contribution in [0.25, 0.3) is 0 Å². The highest BCUT2D eigenvalue weighted by Crippen LogP contribution is 2.28. The maximum Gasteiger partial charge on any atom is 0.356 e. The van der Waals surface area contributed by atoms with Crippen molar-refractivity contribution in [1.29, 1.82) is 0 Å². The van der Waals surface area contributed by atoms with Crippen molar-refractivity contribution in [3.8, 4) is 11.5 Å². The third-order valence-corrected chi connectivity index (χ3v) is 7.33. The highest BCUT2D eigenvalue weighted by molar-refractivity contribution is 7.89. The average molecular weight is 486 g/mol. The molecule has 3 aromatic rings. The maximum absolute atomic E-state index is 13.8. The van der Waals surface area contributed by atoms with Crippen LogP contribution < -0.4 is 9.47 Å². The Kier molecular flexibility index (Phi) is 6.37. The molecule has 180 valence electrons. The zero-order chi connectivity index (χ0) is 24.5. The molecule has 0 bridgehead atoms. The molecule has 0 N–H and O–H groups in total. The normalized spacial score (nSPS) is 15.0. The van der Waals surface area contributed by atoms with E-state index in [1.54, 1.807) is 38.5 Å². The third-order valence-electron chi connectivity index (χ3n) is 5.67. The number of ether oxygens (including phenoxy) is 3. The number of carbonyl (C=O) groups is 1. The topological polar surface area (TPSA) is 100.0 Å².